The summed E-state index contributed by atoms with van der Waals surface area (Å²) in [6.07, 6.45) is 74.7. The van der Waals surface area contributed by atoms with E-state index in [-0.39, 0.29) is 19.1 Å². The Kier molecular flexibility index (Phi) is 56.9. The van der Waals surface area contributed by atoms with Gasteiger partial charge in [0.25, 0.3) is 0 Å². The Labute approximate surface area is 468 Å². The quantitative estimate of drug-likeness (QED) is 0.0243. The molecule has 3 unspecified atom stereocenters. The highest BCUT2D eigenvalue weighted by Gasteiger charge is 2.28. The van der Waals surface area contributed by atoms with Crippen molar-refractivity contribution in [2.24, 2.45) is 0 Å². The number of phosphoric ester groups is 1. The number of carbonyl (C=O) groups excluding carboxylic acids is 1. The normalized spacial score (nSPS) is 13.9. The van der Waals surface area contributed by atoms with Crippen molar-refractivity contribution in [2.45, 2.75) is 353 Å². The summed E-state index contributed by atoms with van der Waals surface area (Å²) in [5, 5.41) is 14.0. The number of carbonyl (C=O) groups is 1. The molecule has 446 valence electrons. The fourth-order valence-electron chi connectivity index (χ4n) is 10.2. The average molecular weight is 1080 g/mol. The van der Waals surface area contributed by atoms with Crippen LogP contribution >= 0.6 is 7.82 Å². The number of likely N-dealkylation sites (N-methyl/N-ethyl adjacent to an activating group) is 1. The van der Waals surface area contributed by atoms with E-state index in [9.17, 15) is 19.4 Å². The zero-order chi connectivity index (χ0) is 54.9. The fourth-order valence-corrected chi connectivity index (χ4v) is 11.0. The second-order valence-electron chi connectivity index (χ2n) is 24.2. The molecular formula is C66H132N2O6P+. The first-order valence-electron chi connectivity index (χ1n) is 33.2. The first kappa shape index (κ1) is 74.0. The SMILES string of the molecule is CCCCCCCCCCCCCCCCCC/C=C/CC/C=C/C(O)C(COP(=O)(O)OCC[N+](C)(C)C)NC(=O)CCCCCCCCCCCCCCCCCCCCCCCCCCCCCCCCC. The summed E-state index contributed by atoms with van der Waals surface area (Å²) in [6, 6.07) is -0.861. The number of quaternary nitrogens is 1. The van der Waals surface area contributed by atoms with Crippen molar-refractivity contribution in [3.05, 3.63) is 24.3 Å². The van der Waals surface area contributed by atoms with Gasteiger partial charge in [-0.15, -0.1) is 0 Å². The molecule has 0 aromatic carbocycles. The molecule has 0 rings (SSSR count). The van der Waals surface area contributed by atoms with Gasteiger partial charge < -0.3 is 19.8 Å². The van der Waals surface area contributed by atoms with Crippen molar-refractivity contribution >= 4 is 13.7 Å². The number of hydrogen-bond acceptors (Lipinski definition) is 5. The van der Waals surface area contributed by atoms with E-state index in [2.05, 4.69) is 31.3 Å². The summed E-state index contributed by atoms with van der Waals surface area (Å²) in [5.74, 6) is -0.179. The summed E-state index contributed by atoms with van der Waals surface area (Å²) >= 11 is 0. The highest BCUT2D eigenvalue weighted by atomic mass is 31.2. The predicted molar refractivity (Wildman–Crippen MR) is 328 cm³/mol. The van der Waals surface area contributed by atoms with Crippen LogP contribution in [0.3, 0.4) is 0 Å². The molecule has 8 nitrogen and oxygen atoms in total. The van der Waals surface area contributed by atoms with Crippen LogP contribution in [0.5, 0.6) is 0 Å². The fraction of sp³-hybridized carbons (Fsp3) is 0.924. The maximum absolute atomic E-state index is 13.0. The Morgan fingerprint density at radius 3 is 1.07 bits per heavy atom. The molecule has 3 atom stereocenters. The third kappa shape index (κ3) is 60.5. The molecule has 0 spiro atoms. The van der Waals surface area contributed by atoms with E-state index in [1.54, 1.807) is 6.08 Å². The molecule has 0 saturated carbocycles. The maximum Gasteiger partial charge on any atom is 0.472 e. The van der Waals surface area contributed by atoms with Gasteiger partial charge in [-0.05, 0) is 32.1 Å². The highest BCUT2D eigenvalue weighted by molar-refractivity contribution is 7.47. The lowest BCUT2D eigenvalue weighted by atomic mass is 10.0. The molecule has 1 amide bonds. The molecule has 0 aliphatic rings. The number of phosphoric acid groups is 1. The minimum Gasteiger partial charge on any atom is -0.387 e. The van der Waals surface area contributed by atoms with E-state index in [1.165, 1.54) is 283 Å². The first-order valence-corrected chi connectivity index (χ1v) is 34.7. The molecule has 0 aliphatic carbocycles. The molecule has 0 bridgehead atoms. The number of unbranched alkanes of at least 4 members (excludes halogenated alkanes) is 47. The van der Waals surface area contributed by atoms with Crippen LogP contribution in [-0.2, 0) is 18.4 Å². The Bertz CT molecular complexity index is 1270. The van der Waals surface area contributed by atoms with Gasteiger partial charge in [-0.2, -0.15) is 0 Å². The zero-order valence-corrected chi connectivity index (χ0v) is 52.0. The van der Waals surface area contributed by atoms with E-state index in [1.807, 2.05) is 27.2 Å². The van der Waals surface area contributed by atoms with Crippen LogP contribution in [0.15, 0.2) is 24.3 Å². The minimum atomic E-state index is -4.36. The van der Waals surface area contributed by atoms with Crippen LogP contribution < -0.4 is 5.32 Å². The number of aliphatic hydroxyl groups is 1. The van der Waals surface area contributed by atoms with Crippen LogP contribution in [0.25, 0.3) is 0 Å². The third-order valence-corrected chi connectivity index (χ3v) is 16.4. The molecule has 0 radical (unpaired) electrons. The molecule has 0 fully saturated rings. The van der Waals surface area contributed by atoms with Crippen LogP contribution in [0.1, 0.15) is 341 Å². The Hall–Kier alpha value is -1.02. The molecule has 9 heteroatoms. The van der Waals surface area contributed by atoms with E-state index in [0.29, 0.717) is 17.4 Å². The highest BCUT2D eigenvalue weighted by Crippen LogP contribution is 2.43. The number of allylic oxidation sites excluding steroid dienone is 3. The van der Waals surface area contributed by atoms with Crippen molar-refractivity contribution in [3.63, 3.8) is 0 Å². The number of amides is 1. The van der Waals surface area contributed by atoms with Gasteiger partial charge in [0.1, 0.15) is 13.2 Å². The zero-order valence-electron chi connectivity index (χ0n) is 51.1. The third-order valence-electron chi connectivity index (χ3n) is 15.4. The molecule has 0 aromatic heterocycles. The largest absolute Gasteiger partial charge is 0.472 e. The molecule has 0 saturated heterocycles. The van der Waals surface area contributed by atoms with E-state index in [4.69, 9.17) is 9.05 Å². The van der Waals surface area contributed by atoms with E-state index < -0.39 is 20.0 Å². The predicted octanol–water partition coefficient (Wildman–Crippen LogP) is 20.7. The van der Waals surface area contributed by atoms with Crippen molar-refractivity contribution in [2.75, 3.05) is 40.9 Å². The number of nitrogens with zero attached hydrogens (tertiary/aromatic N) is 1. The monoisotopic (exact) mass is 1080 g/mol. The summed E-state index contributed by atoms with van der Waals surface area (Å²) in [7, 11) is 1.57. The molecule has 0 aromatic rings. The van der Waals surface area contributed by atoms with Crippen molar-refractivity contribution < 1.29 is 32.9 Å². The van der Waals surface area contributed by atoms with Gasteiger partial charge in [-0.3, -0.25) is 13.8 Å². The maximum atomic E-state index is 13.0. The number of rotatable bonds is 62. The molecule has 0 aliphatic heterocycles. The molecule has 75 heavy (non-hydrogen) atoms. The van der Waals surface area contributed by atoms with Crippen molar-refractivity contribution in [1.82, 2.24) is 5.32 Å². The van der Waals surface area contributed by atoms with Crippen LogP contribution in [-0.4, -0.2) is 73.4 Å². The lowest BCUT2D eigenvalue weighted by molar-refractivity contribution is -0.870. The van der Waals surface area contributed by atoms with Crippen LogP contribution in [0, 0.1) is 0 Å². The lowest BCUT2D eigenvalue weighted by Crippen LogP contribution is -2.45. The number of nitrogens with one attached hydrogen (secondary N) is 1. The summed E-state index contributed by atoms with van der Waals surface area (Å²) in [5.41, 5.74) is 0. The molecular weight excluding hydrogens is 948 g/mol. The second-order valence-corrected chi connectivity index (χ2v) is 25.7. The topological polar surface area (TPSA) is 105 Å². The number of hydrogen-bond donors (Lipinski definition) is 3. The molecule has 3 N–H and O–H groups in total. The standard InChI is InChI=1S/C66H131N2O6P/c1-6-8-10-12-14-16-18-20-22-24-26-28-30-31-32-33-34-35-36-37-38-40-42-44-46-48-50-52-54-56-58-60-66(70)67-64(63-74-75(71,72)73-62-61-68(3,4)5)65(69)59-57-55-53-51-49-47-45-43-41-39-29-27-25-23-21-19-17-15-13-11-9-7-2/h49,51,57,59,64-65,69H,6-48,50,52-56,58,60-63H2,1-5H3,(H-,67,70,71,72)/p+1/b51-49+,59-57+. The van der Waals surface area contributed by atoms with Gasteiger partial charge >= 0.3 is 7.82 Å². The van der Waals surface area contributed by atoms with Gasteiger partial charge in [-0.1, -0.05) is 327 Å². The summed E-state index contributed by atoms with van der Waals surface area (Å²) in [4.78, 5) is 23.4. The number of aliphatic hydroxyl groups excluding tert-OH is 1. The van der Waals surface area contributed by atoms with Gasteiger partial charge in [-0.25, -0.2) is 4.57 Å². The Morgan fingerprint density at radius 1 is 0.440 bits per heavy atom. The Morgan fingerprint density at radius 2 is 0.733 bits per heavy atom. The summed E-state index contributed by atoms with van der Waals surface area (Å²) in [6.45, 7) is 4.86. The van der Waals surface area contributed by atoms with Gasteiger partial charge in [0.15, 0.2) is 0 Å². The van der Waals surface area contributed by atoms with Crippen molar-refractivity contribution in [3.8, 4) is 0 Å². The van der Waals surface area contributed by atoms with E-state index in [0.717, 1.165) is 38.5 Å². The van der Waals surface area contributed by atoms with Crippen molar-refractivity contribution in [1.29, 1.82) is 0 Å². The smallest absolute Gasteiger partial charge is 0.387 e. The van der Waals surface area contributed by atoms with Gasteiger partial charge in [0.05, 0.1) is 39.9 Å². The molecule has 0 heterocycles. The van der Waals surface area contributed by atoms with E-state index >= 15 is 0 Å². The summed E-state index contributed by atoms with van der Waals surface area (Å²) < 4.78 is 23.8. The van der Waals surface area contributed by atoms with Crippen LogP contribution in [0.4, 0.5) is 0 Å². The average Bonchev–Trinajstić information content (AvgIpc) is 3.37. The first-order chi connectivity index (χ1) is 36.5. The second kappa shape index (κ2) is 57.7. The minimum absolute atomic E-state index is 0.0590. The van der Waals surface area contributed by atoms with Gasteiger partial charge in [0, 0.05) is 6.42 Å². The van der Waals surface area contributed by atoms with Gasteiger partial charge in [0.2, 0.25) is 5.91 Å². The van der Waals surface area contributed by atoms with Crippen LogP contribution in [0.2, 0.25) is 0 Å². The lowest BCUT2D eigenvalue weighted by Gasteiger charge is -2.25. The Balaban J connectivity index is 4.07.